The third kappa shape index (κ3) is 2.43. The fourth-order valence-corrected chi connectivity index (χ4v) is 1.20. The lowest BCUT2D eigenvalue weighted by atomic mass is 10.4. The molecule has 0 spiro atoms. The number of rotatable bonds is 3. The Hall–Kier alpha value is -2.11. The number of hydrogen-bond acceptors (Lipinski definition) is 5. The Balaban J connectivity index is 1.99. The molecule has 15 heavy (non-hydrogen) atoms. The maximum atomic E-state index is 5.50. The van der Waals surface area contributed by atoms with E-state index in [0.29, 0.717) is 18.2 Å². The van der Waals surface area contributed by atoms with Gasteiger partial charge in [0.25, 0.3) is 0 Å². The van der Waals surface area contributed by atoms with Crippen LogP contribution in [-0.2, 0) is 13.6 Å². The lowest BCUT2D eigenvalue weighted by Gasteiger charge is -2.02. The summed E-state index contributed by atoms with van der Waals surface area (Å²) in [5, 5.41) is 7.31. The van der Waals surface area contributed by atoms with Crippen molar-refractivity contribution in [1.29, 1.82) is 0 Å². The van der Waals surface area contributed by atoms with Gasteiger partial charge >= 0.3 is 0 Å². The predicted octanol–water partition coefficient (Wildman–Crippen LogP) is 0.404. The maximum Gasteiger partial charge on any atom is 0.147 e. The molecule has 0 amide bonds. The van der Waals surface area contributed by atoms with E-state index in [9.17, 15) is 0 Å². The minimum absolute atomic E-state index is 0.404. The Labute approximate surface area is 87.2 Å². The summed E-state index contributed by atoms with van der Waals surface area (Å²) in [4.78, 5) is 7.99. The molecule has 0 bridgehead atoms. The van der Waals surface area contributed by atoms with E-state index in [2.05, 4.69) is 20.4 Å². The highest BCUT2D eigenvalue weighted by molar-refractivity contribution is 5.38. The number of aromatic nitrogens is 4. The molecule has 6 heteroatoms. The fourth-order valence-electron chi connectivity index (χ4n) is 1.20. The van der Waals surface area contributed by atoms with Gasteiger partial charge in [-0.1, -0.05) is 0 Å². The first-order valence-electron chi connectivity index (χ1n) is 4.54. The topological polar surface area (TPSA) is 81.7 Å². The molecule has 0 aliphatic carbocycles. The molecule has 0 aromatic carbocycles. The van der Waals surface area contributed by atoms with Crippen LogP contribution in [0, 0.1) is 0 Å². The molecule has 0 atom stereocenters. The van der Waals surface area contributed by atoms with E-state index in [0.717, 1.165) is 5.69 Å². The minimum atomic E-state index is 0.404. The van der Waals surface area contributed by atoms with Gasteiger partial charge in [-0.25, -0.2) is 4.98 Å². The second-order valence-electron chi connectivity index (χ2n) is 3.16. The summed E-state index contributed by atoms with van der Waals surface area (Å²) in [5.74, 6) is 1.06. The monoisotopic (exact) mass is 204 g/mol. The SMILES string of the molecule is Cn1ccc(CNc2cncc(N)n2)n1. The van der Waals surface area contributed by atoms with Gasteiger partial charge in [-0.2, -0.15) is 5.10 Å². The van der Waals surface area contributed by atoms with Crippen LogP contribution in [0.15, 0.2) is 24.7 Å². The summed E-state index contributed by atoms with van der Waals surface area (Å²) >= 11 is 0. The maximum absolute atomic E-state index is 5.50. The van der Waals surface area contributed by atoms with Gasteiger partial charge < -0.3 is 11.1 Å². The van der Waals surface area contributed by atoms with Crippen LogP contribution in [0.25, 0.3) is 0 Å². The lowest BCUT2D eigenvalue weighted by molar-refractivity contribution is 0.747. The Kier molecular flexibility index (Phi) is 2.49. The van der Waals surface area contributed by atoms with Crippen LogP contribution >= 0.6 is 0 Å². The summed E-state index contributed by atoms with van der Waals surface area (Å²) < 4.78 is 1.75. The van der Waals surface area contributed by atoms with Gasteiger partial charge in [0.15, 0.2) is 0 Å². The van der Waals surface area contributed by atoms with Gasteiger partial charge in [0.1, 0.15) is 11.6 Å². The van der Waals surface area contributed by atoms with Crippen molar-refractivity contribution in [3.05, 3.63) is 30.4 Å². The van der Waals surface area contributed by atoms with E-state index in [-0.39, 0.29) is 0 Å². The molecule has 0 saturated carbocycles. The first kappa shape index (κ1) is 9.45. The second kappa shape index (κ2) is 3.95. The summed E-state index contributed by atoms with van der Waals surface area (Å²) in [5.41, 5.74) is 6.44. The first-order chi connectivity index (χ1) is 7.24. The highest BCUT2D eigenvalue weighted by Gasteiger charge is 1.98. The van der Waals surface area contributed by atoms with Crippen LogP contribution in [0.4, 0.5) is 11.6 Å². The Bertz CT molecular complexity index is 449. The smallest absolute Gasteiger partial charge is 0.147 e. The quantitative estimate of drug-likeness (QED) is 0.756. The highest BCUT2D eigenvalue weighted by Crippen LogP contribution is 2.04. The predicted molar refractivity (Wildman–Crippen MR) is 57.0 cm³/mol. The lowest BCUT2D eigenvalue weighted by Crippen LogP contribution is -2.04. The molecular weight excluding hydrogens is 192 g/mol. The van der Waals surface area contributed by atoms with E-state index in [1.807, 2.05) is 19.3 Å². The summed E-state index contributed by atoms with van der Waals surface area (Å²) in [6, 6.07) is 1.94. The average molecular weight is 204 g/mol. The van der Waals surface area contributed by atoms with Crippen molar-refractivity contribution >= 4 is 11.6 Å². The Morgan fingerprint density at radius 3 is 3.00 bits per heavy atom. The third-order valence-electron chi connectivity index (χ3n) is 1.87. The van der Waals surface area contributed by atoms with Gasteiger partial charge in [-0.3, -0.25) is 9.67 Å². The summed E-state index contributed by atoms with van der Waals surface area (Å²) in [7, 11) is 1.88. The van der Waals surface area contributed by atoms with Crippen molar-refractivity contribution in [1.82, 2.24) is 19.7 Å². The van der Waals surface area contributed by atoms with E-state index in [4.69, 9.17) is 5.73 Å². The number of nitrogens with one attached hydrogen (secondary N) is 1. The largest absolute Gasteiger partial charge is 0.382 e. The zero-order valence-corrected chi connectivity index (χ0v) is 8.38. The number of anilines is 2. The van der Waals surface area contributed by atoms with E-state index >= 15 is 0 Å². The van der Waals surface area contributed by atoms with Crippen LogP contribution in [0.3, 0.4) is 0 Å². The van der Waals surface area contributed by atoms with E-state index in [1.54, 1.807) is 10.9 Å². The third-order valence-corrected chi connectivity index (χ3v) is 1.87. The summed E-state index contributed by atoms with van der Waals surface area (Å²) in [6.07, 6.45) is 5.02. The number of aryl methyl sites for hydroxylation is 1. The standard InChI is InChI=1S/C9H12N6/c1-15-3-2-7(14-15)4-12-9-6-11-5-8(10)13-9/h2-3,5-6H,4H2,1H3,(H3,10,12,13). The van der Waals surface area contributed by atoms with Crippen molar-refractivity contribution in [3.8, 4) is 0 Å². The van der Waals surface area contributed by atoms with Gasteiger partial charge in [-0.05, 0) is 6.07 Å². The van der Waals surface area contributed by atoms with Crippen molar-refractivity contribution in [3.63, 3.8) is 0 Å². The minimum Gasteiger partial charge on any atom is -0.382 e. The van der Waals surface area contributed by atoms with Crippen LogP contribution in [0.2, 0.25) is 0 Å². The normalized spacial score (nSPS) is 10.2. The molecule has 0 radical (unpaired) electrons. The number of hydrogen-bond donors (Lipinski definition) is 2. The molecule has 6 nitrogen and oxygen atoms in total. The molecule has 78 valence electrons. The van der Waals surface area contributed by atoms with Gasteiger partial charge in [0, 0.05) is 13.2 Å². The number of nitrogens with two attached hydrogens (primary N) is 1. The highest BCUT2D eigenvalue weighted by atomic mass is 15.3. The summed E-state index contributed by atoms with van der Waals surface area (Å²) in [6.45, 7) is 0.610. The number of nitrogens with zero attached hydrogens (tertiary/aromatic N) is 4. The fraction of sp³-hybridized carbons (Fsp3) is 0.222. The van der Waals surface area contributed by atoms with Crippen molar-refractivity contribution in [2.24, 2.45) is 7.05 Å². The van der Waals surface area contributed by atoms with E-state index in [1.165, 1.54) is 6.20 Å². The second-order valence-corrected chi connectivity index (χ2v) is 3.16. The van der Waals surface area contributed by atoms with Crippen molar-refractivity contribution < 1.29 is 0 Å². The van der Waals surface area contributed by atoms with E-state index < -0.39 is 0 Å². The molecule has 0 fully saturated rings. The van der Waals surface area contributed by atoms with Gasteiger partial charge in [0.05, 0.1) is 24.6 Å². The molecular formula is C9H12N6. The van der Waals surface area contributed by atoms with Crippen LogP contribution < -0.4 is 11.1 Å². The molecule has 0 saturated heterocycles. The number of nitrogen functional groups attached to an aromatic ring is 1. The molecule has 0 aliphatic rings. The first-order valence-corrected chi connectivity index (χ1v) is 4.54. The van der Waals surface area contributed by atoms with Crippen LogP contribution in [0.5, 0.6) is 0 Å². The Morgan fingerprint density at radius 2 is 2.33 bits per heavy atom. The molecule has 2 aromatic heterocycles. The average Bonchev–Trinajstić information content (AvgIpc) is 2.62. The van der Waals surface area contributed by atoms with Gasteiger partial charge in [0.2, 0.25) is 0 Å². The van der Waals surface area contributed by atoms with Crippen molar-refractivity contribution in [2.75, 3.05) is 11.1 Å². The van der Waals surface area contributed by atoms with Crippen molar-refractivity contribution in [2.45, 2.75) is 6.54 Å². The molecule has 0 aliphatic heterocycles. The van der Waals surface area contributed by atoms with Crippen LogP contribution in [-0.4, -0.2) is 19.7 Å². The molecule has 2 aromatic rings. The Morgan fingerprint density at radius 1 is 1.47 bits per heavy atom. The molecule has 0 unspecified atom stereocenters. The van der Waals surface area contributed by atoms with Gasteiger partial charge in [-0.15, -0.1) is 0 Å². The van der Waals surface area contributed by atoms with Crippen LogP contribution in [0.1, 0.15) is 5.69 Å². The molecule has 2 rings (SSSR count). The zero-order valence-electron chi connectivity index (χ0n) is 8.38. The molecule has 2 heterocycles. The molecule has 3 N–H and O–H groups in total. The zero-order chi connectivity index (χ0) is 10.7.